The van der Waals surface area contributed by atoms with Crippen LogP contribution in [0.25, 0.3) is 0 Å². The highest BCUT2D eigenvalue weighted by Crippen LogP contribution is 2.27. The number of carbonyl (C=O) groups excluding carboxylic acids is 2. The largest absolute Gasteiger partial charge is 0.494 e. The minimum atomic E-state index is -3.28. The Labute approximate surface area is 239 Å². The van der Waals surface area contributed by atoms with Gasteiger partial charge in [0, 0.05) is 19.1 Å². The van der Waals surface area contributed by atoms with Crippen molar-refractivity contribution >= 4 is 21.8 Å². The van der Waals surface area contributed by atoms with Gasteiger partial charge in [-0.25, -0.2) is 8.42 Å². The van der Waals surface area contributed by atoms with E-state index in [-0.39, 0.29) is 23.3 Å². The molecule has 0 bridgehead atoms. The van der Waals surface area contributed by atoms with Crippen molar-refractivity contribution in [3.63, 3.8) is 0 Å². The molecular weight excluding hydrogens is 532 g/mol. The summed E-state index contributed by atoms with van der Waals surface area (Å²) in [7, 11) is -3.28. The fourth-order valence-corrected chi connectivity index (χ4v) is 5.06. The number of carbonyl (C=O) groups is 2. The molecule has 0 unspecified atom stereocenters. The third kappa shape index (κ3) is 12.4. The molecule has 40 heavy (non-hydrogen) atoms. The number of benzene rings is 2. The first-order chi connectivity index (χ1) is 19.1. The van der Waals surface area contributed by atoms with Gasteiger partial charge < -0.3 is 18.9 Å². The van der Waals surface area contributed by atoms with E-state index in [4.69, 9.17) is 18.9 Å². The molecule has 0 saturated carbocycles. The third-order valence-electron chi connectivity index (χ3n) is 6.26. The molecule has 8 nitrogen and oxygen atoms in total. The maximum Gasteiger partial charge on any atom is 0.306 e. The monoisotopic (exact) mass is 576 g/mol. The molecule has 0 aliphatic carbocycles. The highest BCUT2D eigenvalue weighted by molar-refractivity contribution is 7.90. The molecule has 9 heteroatoms. The average molecular weight is 577 g/mol. The first-order valence-corrected chi connectivity index (χ1v) is 16.0. The van der Waals surface area contributed by atoms with Gasteiger partial charge in [0.15, 0.2) is 9.84 Å². The Bertz CT molecular complexity index is 1190. The van der Waals surface area contributed by atoms with E-state index in [9.17, 15) is 18.0 Å². The number of esters is 2. The van der Waals surface area contributed by atoms with Crippen LogP contribution < -0.4 is 9.47 Å². The van der Waals surface area contributed by atoms with Gasteiger partial charge in [0.25, 0.3) is 0 Å². The molecule has 0 amide bonds. The molecule has 0 saturated heterocycles. The van der Waals surface area contributed by atoms with Crippen LogP contribution in [-0.4, -0.2) is 53.0 Å². The second kappa shape index (κ2) is 17.6. The van der Waals surface area contributed by atoms with Gasteiger partial charge in [-0.05, 0) is 93.8 Å². The molecule has 0 spiro atoms. The number of unbranched alkanes of at least 4 members (excludes halogenated alkanes) is 3. The molecule has 0 heterocycles. The Balaban J connectivity index is 1.87. The van der Waals surface area contributed by atoms with Gasteiger partial charge in [-0.15, -0.1) is 0 Å². The molecule has 0 aromatic heterocycles. The van der Waals surface area contributed by atoms with Crippen LogP contribution in [0.3, 0.4) is 0 Å². The van der Waals surface area contributed by atoms with Crippen LogP contribution in [0, 0.1) is 6.92 Å². The summed E-state index contributed by atoms with van der Waals surface area (Å²) < 4.78 is 45.7. The van der Waals surface area contributed by atoms with E-state index in [0.29, 0.717) is 51.4 Å². The molecular formula is C31H44O8S. The highest BCUT2D eigenvalue weighted by atomic mass is 32.2. The lowest BCUT2D eigenvalue weighted by molar-refractivity contribution is -0.144. The number of aryl methyl sites for hydroxylation is 2. The maximum atomic E-state index is 12.0. The molecule has 2 aromatic carbocycles. The highest BCUT2D eigenvalue weighted by Gasteiger charge is 2.14. The predicted octanol–water partition coefficient (Wildman–Crippen LogP) is 5.80. The minimum absolute atomic E-state index is 0.231. The summed E-state index contributed by atoms with van der Waals surface area (Å²) in [6.45, 7) is 7.06. The van der Waals surface area contributed by atoms with E-state index in [1.165, 1.54) is 6.26 Å². The molecule has 0 aliphatic heterocycles. The molecule has 0 fully saturated rings. The van der Waals surface area contributed by atoms with E-state index in [2.05, 4.69) is 6.07 Å². The SMILES string of the molecule is CCOC(=O)CCCOc1cccc(CCCCCCOc2cc(C)cc(S(C)(=O)=O)c2)c1CCC(=O)OCC. The van der Waals surface area contributed by atoms with E-state index in [1.54, 1.807) is 26.0 Å². The summed E-state index contributed by atoms with van der Waals surface area (Å²) in [5.41, 5.74) is 3.01. The first-order valence-electron chi connectivity index (χ1n) is 14.1. The Morgan fingerprint density at radius 2 is 1.45 bits per heavy atom. The Morgan fingerprint density at radius 3 is 2.15 bits per heavy atom. The first kappa shape index (κ1) is 33.1. The van der Waals surface area contributed by atoms with Crippen molar-refractivity contribution in [2.75, 3.05) is 32.7 Å². The van der Waals surface area contributed by atoms with Gasteiger partial charge in [0.2, 0.25) is 0 Å². The van der Waals surface area contributed by atoms with Crippen LogP contribution in [0.4, 0.5) is 0 Å². The molecule has 0 aliphatic rings. The normalized spacial score (nSPS) is 11.2. The summed E-state index contributed by atoms with van der Waals surface area (Å²) in [6.07, 6.45) is 7.54. The smallest absolute Gasteiger partial charge is 0.306 e. The van der Waals surface area contributed by atoms with E-state index in [1.807, 2.05) is 25.1 Å². The predicted molar refractivity (Wildman–Crippen MR) is 155 cm³/mol. The zero-order chi connectivity index (χ0) is 29.4. The van der Waals surface area contributed by atoms with Gasteiger partial charge in [-0.3, -0.25) is 9.59 Å². The van der Waals surface area contributed by atoms with Crippen LogP contribution in [0.2, 0.25) is 0 Å². The topological polar surface area (TPSA) is 105 Å². The van der Waals surface area contributed by atoms with Crippen molar-refractivity contribution in [2.45, 2.75) is 83.5 Å². The Hall–Kier alpha value is -3.07. The Kier molecular flexibility index (Phi) is 14.6. The fourth-order valence-electron chi connectivity index (χ4n) is 4.33. The molecule has 0 radical (unpaired) electrons. The van der Waals surface area contributed by atoms with Crippen molar-refractivity contribution in [3.8, 4) is 11.5 Å². The van der Waals surface area contributed by atoms with Crippen molar-refractivity contribution in [1.29, 1.82) is 0 Å². The third-order valence-corrected chi connectivity index (χ3v) is 7.36. The summed E-state index contributed by atoms with van der Waals surface area (Å²) in [5.74, 6) is 0.851. The number of hydrogen-bond donors (Lipinski definition) is 0. The van der Waals surface area contributed by atoms with E-state index >= 15 is 0 Å². The summed E-state index contributed by atoms with van der Waals surface area (Å²) >= 11 is 0. The lowest BCUT2D eigenvalue weighted by Gasteiger charge is -2.16. The van der Waals surface area contributed by atoms with Crippen LogP contribution in [0.15, 0.2) is 41.3 Å². The molecule has 2 rings (SSSR count). The van der Waals surface area contributed by atoms with Gasteiger partial charge in [-0.1, -0.05) is 25.0 Å². The number of sulfone groups is 1. The van der Waals surface area contributed by atoms with Crippen LogP contribution in [0.1, 0.15) is 75.5 Å². The standard InChI is InChI=1S/C31H44O8S/c1-5-36-30(32)16-12-20-39-29-15-11-14-25(28(29)17-18-31(33)37-6-2)13-9-7-8-10-19-38-26-21-24(3)22-27(23-26)40(4,34)35/h11,14-15,21-23H,5-10,12-13,16-20H2,1-4H3. The minimum Gasteiger partial charge on any atom is -0.494 e. The zero-order valence-electron chi connectivity index (χ0n) is 24.3. The summed E-state index contributed by atoms with van der Waals surface area (Å²) in [4.78, 5) is 23.9. The van der Waals surface area contributed by atoms with Crippen molar-refractivity contribution in [1.82, 2.24) is 0 Å². The van der Waals surface area contributed by atoms with E-state index < -0.39 is 9.84 Å². The second-order valence-electron chi connectivity index (χ2n) is 9.72. The zero-order valence-corrected chi connectivity index (χ0v) is 25.1. The average Bonchev–Trinajstić information content (AvgIpc) is 2.89. The fraction of sp³-hybridized carbons (Fsp3) is 0.548. The van der Waals surface area contributed by atoms with Crippen LogP contribution >= 0.6 is 0 Å². The maximum absolute atomic E-state index is 12.0. The quantitative estimate of drug-likeness (QED) is 0.153. The summed E-state index contributed by atoms with van der Waals surface area (Å²) in [5, 5.41) is 0. The van der Waals surface area contributed by atoms with E-state index in [0.717, 1.165) is 54.5 Å². The lowest BCUT2D eigenvalue weighted by atomic mass is 9.96. The lowest BCUT2D eigenvalue weighted by Crippen LogP contribution is -2.10. The van der Waals surface area contributed by atoms with Crippen molar-refractivity contribution in [3.05, 3.63) is 53.1 Å². The van der Waals surface area contributed by atoms with Gasteiger partial charge in [0.1, 0.15) is 11.5 Å². The number of ether oxygens (including phenoxy) is 4. The van der Waals surface area contributed by atoms with Crippen LogP contribution in [0.5, 0.6) is 11.5 Å². The number of hydrogen-bond acceptors (Lipinski definition) is 8. The summed E-state index contributed by atoms with van der Waals surface area (Å²) in [6, 6.07) is 11.0. The van der Waals surface area contributed by atoms with Gasteiger partial charge in [-0.2, -0.15) is 0 Å². The van der Waals surface area contributed by atoms with Crippen LogP contribution in [-0.2, 0) is 41.7 Å². The Morgan fingerprint density at radius 1 is 0.775 bits per heavy atom. The molecule has 2 aromatic rings. The molecule has 0 N–H and O–H groups in total. The molecule has 222 valence electrons. The van der Waals surface area contributed by atoms with Gasteiger partial charge >= 0.3 is 11.9 Å². The van der Waals surface area contributed by atoms with Gasteiger partial charge in [0.05, 0.1) is 31.3 Å². The number of rotatable bonds is 19. The van der Waals surface area contributed by atoms with Crippen molar-refractivity contribution < 1.29 is 37.0 Å². The second-order valence-corrected chi connectivity index (χ2v) is 11.7. The van der Waals surface area contributed by atoms with Crippen molar-refractivity contribution in [2.24, 2.45) is 0 Å². The molecule has 0 atom stereocenters.